The number of thiophene rings is 1. The summed E-state index contributed by atoms with van der Waals surface area (Å²) in [5.74, 6) is -1.71. The van der Waals surface area contributed by atoms with Crippen molar-refractivity contribution >= 4 is 39.8 Å². The number of nitrogens with zero attached hydrogens (tertiary/aromatic N) is 2. The number of carboxylic acid groups (broad SMARTS) is 1. The van der Waals surface area contributed by atoms with Gasteiger partial charge in [-0.25, -0.2) is 4.79 Å². The number of fused-ring (bicyclic) bond motifs is 2. The standard InChI is InChI=1S/C20H17N3O5S/c1-10-19(25)23(14-6-5-11(20(26)27)7-15(14)28-10)9-17(24)22-18-13(8-21)12-3-2-4-16(12)29-18/h5-7,10H,2-4,9H2,1H3,(H,22,24)(H,26,27). The van der Waals surface area contributed by atoms with Crippen LogP contribution in [-0.4, -0.2) is 35.5 Å². The Morgan fingerprint density at radius 3 is 2.93 bits per heavy atom. The quantitative estimate of drug-likeness (QED) is 0.798. The number of aryl methyl sites for hydroxylation is 1. The SMILES string of the molecule is CC1Oc2cc(C(=O)O)ccc2N(CC(=O)Nc2sc3c(c2C#N)CCC3)C1=O. The normalized spacial score (nSPS) is 17.2. The van der Waals surface area contributed by atoms with Crippen molar-refractivity contribution in [2.75, 3.05) is 16.8 Å². The Morgan fingerprint density at radius 1 is 1.41 bits per heavy atom. The maximum Gasteiger partial charge on any atom is 0.335 e. The Balaban J connectivity index is 1.58. The van der Waals surface area contributed by atoms with E-state index in [9.17, 15) is 19.6 Å². The fraction of sp³-hybridized carbons (Fsp3) is 0.300. The average molecular weight is 411 g/mol. The Bertz CT molecular complexity index is 1080. The van der Waals surface area contributed by atoms with E-state index in [1.165, 1.54) is 34.4 Å². The minimum Gasteiger partial charge on any atom is -0.479 e. The van der Waals surface area contributed by atoms with Gasteiger partial charge in [0, 0.05) is 4.88 Å². The van der Waals surface area contributed by atoms with Crippen LogP contribution in [-0.2, 0) is 22.4 Å². The average Bonchev–Trinajstić information content (AvgIpc) is 3.25. The van der Waals surface area contributed by atoms with Crippen molar-refractivity contribution in [3.05, 3.63) is 39.8 Å². The van der Waals surface area contributed by atoms with E-state index >= 15 is 0 Å². The van der Waals surface area contributed by atoms with Gasteiger partial charge in [0.15, 0.2) is 6.10 Å². The number of anilines is 2. The molecule has 2 aliphatic rings. The van der Waals surface area contributed by atoms with E-state index in [-0.39, 0.29) is 17.9 Å². The largest absolute Gasteiger partial charge is 0.479 e. The highest BCUT2D eigenvalue weighted by Crippen LogP contribution is 2.39. The van der Waals surface area contributed by atoms with Crippen molar-refractivity contribution in [1.82, 2.24) is 0 Å². The number of rotatable bonds is 4. The van der Waals surface area contributed by atoms with Gasteiger partial charge >= 0.3 is 5.97 Å². The van der Waals surface area contributed by atoms with E-state index in [0.717, 1.165) is 29.7 Å². The molecule has 1 aliphatic heterocycles. The molecule has 9 heteroatoms. The van der Waals surface area contributed by atoms with Gasteiger partial charge in [0.25, 0.3) is 5.91 Å². The Kier molecular flexibility index (Phi) is 4.72. The van der Waals surface area contributed by atoms with Gasteiger partial charge < -0.3 is 15.2 Å². The summed E-state index contributed by atoms with van der Waals surface area (Å²) in [7, 11) is 0. The number of hydrogen-bond acceptors (Lipinski definition) is 6. The molecular formula is C20H17N3O5S. The first-order chi connectivity index (χ1) is 13.9. The third kappa shape index (κ3) is 3.32. The molecule has 0 saturated carbocycles. The summed E-state index contributed by atoms with van der Waals surface area (Å²) >= 11 is 1.41. The van der Waals surface area contributed by atoms with E-state index < -0.39 is 23.9 Å². The van der Waals surface area contributed by atoms with Gasteiger partial charge in [-0.1, -0.05) is 0 Å². The van der Waals surface area contributed by atoms with Crippen LogP contribution in [0.4, 0.5) is 10.7 Å². The second kappa shape index (κ2) is 7.22. The third-order valence-electron chi connectivity index (χ3n) is 5.00. The van der Waals surface area contributed by atoms with Gasteiger partial charge in [-0.2, -0.15) is 5.26 Å². The summed E-state index contributed by atoms with van der Waals surface area (Å²) in [4.78, 5) is 38.8. The second-order valence-electron chi connectivity index (χ2n) is 6.89. The number of carbonyl (C=O) groups excluding carboxylic acids is 2. The predicted molar refractivity (Wildman–Crippen MR) is 106 cm³/mol. The van der Waals surface area contributed by atoms with Crippen molar-refractivity contribution < 1.29 is 24.2 Å². The molecule has 1 atom stereocenters. The number of carboxylic acids is 1. The van der Waals surface area contributed by atoms with Crippen molar-refractivity contribution in [1.29, 1.82) is 5.26 Å². The number of hydrogen-bond donors (Lipinski definition) is 2. The summed E-state index contributed by atoms with van der Waals surface area (Å²) in [6.45, 7) is 1.28. The molecule has 1 aliphatic carbocycles. The first-order valence-corrected chi connectivity index (χ1v) is 9.90. The number of nitriles is 1. The van der Waals surface area contributed by atoms with Crippen LogP contribution in [0.25, 0.3) is 0 Å². The minimum atomic E-state index is -1.11. The van der Waals surface area contributed by atoms with Gasteiger partial charge in [-0.15, -0.1) is 11.3 Å². The Morgan fingerprint density at radius 2 is 2.21 bits per heavy atom. The second-order valence-corrected chi connectivity index (χ2v) is 8.00. The van der Waals surface area contributed by atoms with Crippen LogP contribution in [0.15, 0.2) is 18.2 Å². The molecule has 2 N–H and O–H groups in total. The number of carbonyl (C=O) groups is 3. The maximum atomic E-state index is 12.7. The van der Waals surface area contributed by atoms with Crippen LogP contribution in [0.2, 0.25) is 0 Å². The molecule has 1 aromatic carbocycles. The molecule has 0 bridgehead atoms. The Hall–Kier alpha value is -3.38. The first kappa shape index (κ1) is 19.0. The molecular weight excluding hydrogens is 394 g/mol. The lowest BCUT2D eigenvalue weighted by Gasteiger charge is -2.32. The van der Waals surface area contributed by atoms with Crippen LogP contribution in [0.1, 0.15) is 39.7 Å². The number of amides is 2. The van der Waals surface area contributed by atoms with Crippen LogP contribution in [0.5, 0.6) is 5.75 Å². The molecule has 4 rings (SSSR count). The molecule has 2 heterocycles. The fourth-order valence-corrected chi connectivity index (χ4v) is 4.88. The molecule has 0 fully saturated rings. The highest BCUT2D eigenvalue weighted by atomic mass is 32.1. The van der Waals surface area contributed by atoms with Crippen molar-refractivity contribution in [3.63, 3.8) is 0 Å². The van der Waals surface area contributed by atoms with Crippen molar-refractivity contribution in [2.45, 2.75) is 32.3 Å². The van der Waals surface area contributed by atoms with Crippen molar-refractivity contribution in [2.24, 2.45) is 0 Å². The van der Waals surface area contributed by atoms with Crippen molar-refractivity contribution in [3.8, 4) is 11.8 Å². The first-order valence-electron chi connectivity index (χ1n) is 9.09. The molecule has 2 aromatic rings. The lowest BCUT2D eigenvalue weighted by molar-refractivity contribution is -0.127. The number of ether oxygens (including phenoxy) is 1. The Labute approximate surface area is 170 Å². The van der Waals surface area contributed by atoms with E-state index in [2.05, 4.69) is 11.4 Å². The van der Waals surface area contributed by atoms with Gasteiger partial charge in [0.05, 0.1) is 16.8 Å². The smallest absolute Gasteiger partial charge is 0.335 e. The predicted octanol–water partition coefficient (Wildman–Crippen LogP) is 2.56. The van der Waals surface area contributed by atoms with Crippen LogP contribution >= 0.6 is 11.3 Å². The number of aromatic carboxylic acids is 1. The summed E-state index contributed by atoms with van der Waals surface area (Å²) in [6.07, 6.45) is 1.91. The van der Waals surface area contributed by atoms with Gasteiger partial charge in [0.2, 0.25) is 5.91 Å². The molecule has 0 spiro atoms. The lowest BCUT2D eigenvalue weighted by Crippen LogP contribution is -2.47. The molecule has 0 radical (unpaired) electrons. The van der Waals surface area contributed by atoms with Gasteiger partial charge in [-0.05, 0) is 49.9 Å². The van der Waals surface area contributed by atoms with E-state index in [1.807, 2.05) is 0 Å². The molecule has 2 amide bonds. The molecule has 8 nitrogen and oxygen atoms in total. The maximum absolute atomic E-state index is 12.7. The van der Waals surface area contributed by atoms with Gasteiger partial charge in [-0.3, -0.25) is 14.5 Å². The van der Waals surface area contributed by atoms with Crippen LogP contribution in [0.3, 0.4) is 0 Å². The molecule has 0 saturated heterocycles. The lowest BCUT2D eigenvalue weighted by atomic mass is 10.1. The minimum absolute atomic E-state index is 0.0291. The zero-order chi connectivity index (χ0) is 20.7. The summed E-state index contributed by atoms with van der Waals surface area (Å²) < 4.78 is 5.52. The summed E-state index contributed by atoms with van der Waals surface area (Å²) in [6, 6.07) is 6.32. The summed E-state index contributed by atoms with van der Waals surface area (Å²) in [5, 5.41) is 21.9. The number of nitrogens with one attached hydrogen (secondary N) is 1. The van der Waals surface area contributed by atoms with Gasteiger partial charge in [0.1, 0.15) is 23.4 Å². The zero-order valence-corrected chi connectivity index (χ0v) is 16.3. The number of benzene rings is 1. The van der Waals surface area contributed by atoms with E-state index in [0.29, 0.717) is 16.3 Å². The van der Waals surface area contributed by atoms with Crippen LogP contribution < -0.4 is 15.0 Å². The molecule has 148 valence electrons. The molecule has 29 heavy (non-hydrogen) atoms. The fourth-order valence-electron chi connectivity index (χ4n) is 3.63. The highest BCUT2D eigenvalue weighted by Gasteiger charge is 2.33. The monoisotopic (exact) mass is 411 g/mol. The zero-order valence-electron chi connectivity index (χ0n) is 15.5. The highest BCUT2D eigenvalue weighted by molar-refractivity contribution is 7.16. The molecule has 1 aromatic heterocycles. The van der Waals surface area contributed by atoms with E-state index in [1.54, 1.807) is 6.92 Å². The summed E-state index contributed by atoms with van der Waals surface area (Å²) in [5.41, 5.74) is 1.88. The molecule has 1 unspecified atom stereocenters. The topological polar surface area (TPSA) is 120 Å². The third-order valence-corrected chi connectivity index (χ3v) is 6.21. The van der Waals surface area contributed by atoms with Crippen LogP contribution in [0, 0.1) is 11.3 Å². The van der Waals surface area contributed by atoms with E-state index in [4.69, 9.17) is 9.84 Å².